The Hall–Kier alpha value is -1.59. The van der Waals surface area contributed by atoms with Gasteiger partial charge in [-0.05, 0) is 0 Å². The highest BCUT2D eigenvalue weighted by Crippen LogP contribution is 2.47. The summed E-state index contributed by atoms with van der Waals surface area (Å²) in [6.45, 7) is 6.15. The van der Waals surface area contributed by atoms with Gasteiger partial charge in [0.15, 0.2) is 0 Å². The predicted molar refractivity (Wildman–Crippen MR) is 69.9 cm³/mol. The van der Waals surface area contributed by atoms with Crippen molar-refractivity contribution in [3.8, 4) is 0 Å². The number of hydrogen-bond acceptors (Lipinski definition) is 6. The average molecular weight is 268 g/mol. The highest BCUT2D eigenvalue weighted by Gasteiger charge is 2.62. The maximum absolute atomic E-state index is 12.1. The van der Waals surface area contributed by atoms with Gasteiger partial charge in [-0.1, -0.05) is 31.1 Å². The number of carbonyl (C=O) groups is 1. The molecular weight excluding hydrogens is 248 g/mol. The van der Waals surface area contributed by atoms with E-state index >= 15 is 0 Å². The van der Waals surface area contributed by atoms with Gasteiger partial charge >= 0.3 is 5.97 Å². The summed E-state index contributed by atoms with van der Waals surface area (Å²) >= 11 is 0. The van der Waals surface area contributed by atoms with E-state index in [9.17, 15) is 4.79 Å². The Morgan fingerprint density at radius 3 is 2.68 bits per heavy atom. The molecule has 0 aromatic carbocycles. The molecule has 0 amide bonds. The number of oxime groups is 2. The zero-order valence-corrected chi connectivity index (χ0v) is 12.0. The zero-order valence-electron chi connectivity index (χ0n) is 12.0. The van der Waals surface area contributed by atoms with Crippen LogP contribution in [0.25, 0.3) is 0 Å². The van der Waals surface area contributed by atoms with Crippen molar-refractivity contribution in [2.75, 3.05) is 14.2 Å². The number of rotatable bonds is 2. The first-order valence-corrected chi connectivity index (χ1v) is 6.29. The smallest absolute Gasteiger partial charge is 0.354 e. The molecule has 6 heteroatoms. The molecule has 0 aromatic rings. The van der Waals surface area contributed by atoms with Gasteiger partial charge in [-0.3, -0.25) is 0 Å². The van der Waals surface area contributed by atoms with Crippen LogP contribution in [0.1, 0.15) is 33.6 Å². The van der Waals surface area contributed by atoms with Gasteiger partial charge < -0.3 is 14.4 Å². The van der Waals surface area contributed by atoms with Crippen molar-refractivity contribution < 1.29 is 19.2 Å². The lowest BCUT2D eigenvalue weighted by atomic mass is 9.76. The second-order valence-electron chi connectivity index (χ2n) is 5.97. The molecule has 1 heterocycles. The summed E-state index contributed by atoms with van der Waals surface area (Å²) in [5.74, 6) is -0.532. The zero-order chi connectivity index (χ0) is 14.3. The van der Waals surface area contributed by atoms with Gasteiger partial charge in [-0.25, -0.2) is 4.79 Å². The number of fused-ring (bicyclic) bond motifs is 1. The van der Waals surface area contributed by atoms with Gasteiger partial charge in [0.05, 0.1) is 24.5 Å². The molecule has 1 fully saturated rings. The molecule has 1 saturated carbocycles. The fraction of sp³-hybridized carbons (Fsp3) is 0.769. The Morgan fingerprint density at radius 2 is 2.16 bits per heavy atom. The van der Waals surface area contributed by atoms with Crippen molar-refractivity contribution >= 4 is 17.4 Å². The molecule has 19 heavy (non-hydrogen) atoms. The first-order valence-electron chi connectivity index (χ1n) is 6.29. The lowest BCUT2D eigenvalue weighted by Crippen LogP contribution is -2.45. The van der Waals surface area contributed by atoms with E-state index in [0.717, 1.165) is 11.4 Å². The molecule has 0 bridgehead atoms. The van der Waals surface area contributed by atoms with Crippen LogP contribution in [0.3, 0.4) is 0 Å². The fourth-order valence-electron chi connectivity index (χ4n) is 2.79. The largest absolute Gasteiger partial charge is 0.466 e. The number of hydrogen-bond donors (Lipinski definition) is 0. The third kappa shape index (κ3) is 2.09. The lowest BCUT2D eigenvalue weighted by Gasteiger charge is -2.26. The monoisotopic (exact) mass is 268 g/mol. The number of ether oxygens (including phenoxy) is 1. The quantitative estimate of drug-likeness (QED) is 0.565. The van der Waals surface area contributed by atoms with Gasteiger partial charge in [0, 0.05) is 18.3 Å². The third-order valence-electron chi connectivity index (χ3n) is 3.63. The Balaban J connectivity index is 2.38. The number of carbonyl (C=O) groups excluding carboxylic acids is 1. The molecule has 6 nitrogen and oxygen atoms in total. The molecule has 2 unspecified atom stereocenters. The summed E-state index contributed by atoms with van der Waals surface area (Å²) in [6.07, 6.45) is 0.973. The summed E-state index contributed by atoms with van der Waals surface area (Å²) in [5, 5.41) is 8.11. The van der Waals surface area contributed by atoms with E-state index in [-0.39, 0.29) is 11.3 Å². The van der Waals surface area contributed by atoms with Crippen molar-refractivity contribution in [3.05, 3.63) is 0 Å². The highest BCUT2D eigenvalue weighted by molar-refractivity contribution is 6.07. The highest BCUT2D eigenvalue weighted by atomic mass is 16.7. The van der Waals surface area contributed by atoms with Crippen molar-refractivity contribution in [3.63, 3.8) is 0 Å². The number of nitrogens with zero attached hydrogens (tertiary/aromatic N) is 2. The van der Waals surface area contributed by atoms with E-state index in [2.05, 4.69) is 10.3 Å². The molecule has 0 radical (unpaired) electrons. The maximum Gasteiger partial charge on any atom is 0.354 e. The van der Waals surface area contributed by atoms with Crippen molar-refractivity contribution in [1.82, 2.24) is 0 Å². The van der Waals surface area contributed by atoms with E-state index in [1.807, 2.05) is 20.8 Å². The van der Waals surface area contributed by atoms with Crippen LogP contribution in [0.2, 0.25) is 0 Å². The van der Waals surface area contributed by atoms with Crippen LogP contribution in [-0.2, 0) is 19.2 Å². The minimum Gasteiger partial charge on any atom is -0.466 e. The molecule has 1 aliphatic carbocycles. The van der Waals surface area contributed by atoms with Crippen LogP contribution in [0.5, 0.6) is 0 Å². The normalized spacial score (nSPS) is 31.7. The number of methoxy groups -OCH3 is 1. The molecule has 2 rings (SSSR count). The molecular formula is C13H20N2O4. The van der Waals surface area contributed by atoms with Crippen molar-refractivity contribution in [2.24, 2.45) is 21.6 Å². The minimum atomic E-state index is -1.06. The molecule has 1 aliphatic heterocycles. The Morgan fingerprint density at radius 1 is 1.47 bits per heavy atom. The van der Waals surface area contributed by atoms with Gasteiger partial charge in [0.25, 0.3) is 0 Å². The van der Waals surface area contributed by atoms with Crippen LogP contribution in [0.15, 0.2) is 10.3 Å². The molecule has 0 aromatic heterocycles. The molecule has 2 atom stereocenters. The van der Waals surface area contributed by atoms with Crippen molar-refractivity contribution in [1.29, 1.82) is 0 Å². The SMILES string of the molecule is CO/N=C1/CC2C(C(C)(C)C)=NOC2(C(=O)OC)C1. The first-order chi connectivity index (χ1) is 8.85. The standard InChI is InChI=1S/C13H20N2O4/c1-12(2,3)10-9-6-8(14-18-5)7-13(9,19-15-10)11(16)17-4/h9H,6-7H2,1-5H3/b14-8-. The van der Waals surface area contributed by atoms with Crippen LogP contribution in [0.4, 0.5) is 0 Å². The topological polar surface area (TPSA) is 69.5 Å². The molecule has 0 spiro atoms. The summed E-state index contributed by atoms with van der Waals surface area (Å²) in [7, 11) is 2.85. The van der Waals surface area contributed by atoms with E-state index in [1.54, 1.807) is 0 Å². The Kier molecular flexibility index (Phi) is 3.28. The molecule has 2 aliphatic rings. The van der Waals surface area contributed by atoms with E-state index in [0.29, 0.717) is 12.8 Å². The molecule has 106 valence electrons. The van der Waals surface area contributed by atoms with Crippen LogP contribution in [0, 0.1) is 11.3 Å². The Labute approximate surface area is 112 Å². The van der Waals surface area contributed by atoms with Gasteiger partial charge in [-0.2, -0.15) is 0 Å². The second kappa shape index (κ2) is 4.51. The van der Waals surface area contributed by atoms with Gasteiger partial charge in [0.1, 0.15) is 7.11 Å². The first kappa shape index (κ1) is 13.8. The average Bonchev–Trinajstić information content (AvgIpc) is 2.82. The van der Waals surface area contributed by atoms with E-state index < -0.39 is 11.6 Å². The van der Waals surface area contributed by atoms with Gasteiger partial charge in [0.2, 0.25) is 5.60 Å². The third-order valence-corrected chi connectivity index (χ3v) is 3.63. The second-order valence-corrected chi connectivity index (χ2v) is 5.97. The summed E-state index contributed by atoms with van der Waals surface area (Å²) < 4.78 is 4.89. The van der Waals surface area contributed by atoms with E-state index in [4.69, 9.17) is 14.4 Å². The van der Waals surface area contributed by atoms with E-state index in [1.165, 1.54) is 14.2 Å². The van der Waals surface area contributed by atoms with Crippen LogP contribution in [-0.4, -0.2) is 37.2 Å². The van der Waals surface area contributed by atoms with Crippen LogP contribution >= 0.6 is 0 Å². The summed E-state index contributed by atoms with van der Waals surface area (Å²) in [5.41, 5.74) is 0.450. The minimum absolute atomic E-state index is 0.131. The molecule has 0 N–H and O–H groups in total. The van der Waals surface area contributed by atoms with Crippen molar-refractivity contribution in [2.45, 2.75) is 39.2 Å². The summed E-state index contributed by atoms with van der Waals surface area (Å²) in [4.78, 5) is 22.4. The summed E-state index contributed by atoms with van der Waals surface area (Å²) in [6, 6.07) is 0. The maximum atomic E-state index is 12.1. The van der Waals surface area contributed by atoms with Gasteiger partial charge in [-0.15, -0.1) is 0 Å². The fourth-order valence-corrected chi connectivity index (χ4v) is 2.79. The number of esters is 1. The lowest BCUT2D eigenvalue weighted by molar-refractivity contribution is -0.168. The predicted octanol–water partition coefficient (Wildman–Crippen LogP) is 1.74. The Bertz CT molecular complexity index is 450. The molecule has 0 saturated heterocycles. The van der Waals surface area contributed by atoms with Crippen LogP contribution < -0.4 is 0 Å².